The summed E-state index contributed by atoms with van der Waals surface area (Å²) in [5, 5.41) is 13.5. The summed E-state index contributed by atoms with van der Waals surface area (Å²) in [6.45, 7) is 1.09. The molecule has 0 bridgehead atoms. The molecule has 24 heavy (non-hydrogen) atoms. The van der Waals surface area contributed by atoms with Gasteiger partial charge in [0.25, 0.3) is 0 Å². The molecule has 1 aliphatic rings. The topological polar surface area (TPSA) is 32.3 Å². The largest absolute Gasteiger partial charge is 0.508 e. The van der Waals surface area contributed by atoms with Gasteiger partial charge < -0.3 is 10.4 Å². The van der Waals surface area contributed by atoms with Gasteiger partial charge >= 0.3 is 0 Å². The number of hydrogen-bond acceptors (Lipinski definition) is 2. The van der Waals surface area contributed by atoms with Crippen LogP contribution in [0.15, 0.2) is 54.6 Å². The second-order valence-electron chi connectivity index (χ2n) is 7.00. The fraction of sp³-hybridized carbons (Fsp3) is 0.455. The van der Waals surface area contributed by atoms with Crippen LogP contribution in [0.5, 0.6) is 5.75 Å². The second-order valence-corrected chi connectivity index (χ2v) is 7.00. The molecule has 128 valence electrons. The summed E-state index contributed by atoms with van der Waals surface area (Å²) in [4.78, 5) is 0. The van der Waals surface area contributed by atoms with Crippen LogP contribution in [0.3, 0.4) is 0 Å². The van der Waals surface area contributed by atoms with Crippen LogP contribution in [0, 0.1) is 0 Å². The standard InChI is InChI=1S/C22H29NO/c24-22-12-5-4-10-20(22)11-6-7-17-23-21-15-13-19(14-16-21)18-8-2-1-3-9-18/h1-5,8-10,12,19,21,23-24H,6-7,11,13-17H2. The van der Waals surface area contributed by atoms with Crippen LogP contribution in [-0.2, 0) is 6.42 Å². The number of benzene rings is 2. The van der Waals surface area contributed by atoms with E-state index in [2.05, 4.69) is 35.6 Å². The Morgan fingerprint density at radius 1 is 0.833 bits per heavy atom. The van der Waals surface area contributed by atoms with Gasteiger partial charge in [-0.05, 0) is 74.6 Å². The Morgan fingerprint density at radius 2 is 1.54 bits per heavy atom. The van der Waals surface area contributed by atoms with Gasteiger partial charge in [0.15, 0.2) is 0 Å². The maximum absolute atomic E-state index is 9.77. The fourth-order valence-corrected chi connectivity index (χ4v) is 3.82. The van der Waals surface area contributed by atoms with E-state index in [4.69, 9.17) is 0 Å². The average molecular weight is 323 g/mol. The number of unbranched alkanes of at least 4 members (excludes halogenated alkanes) is 1. The SMILES string of the molecule is Oc1ccccc1CCCCNC1CCC(c2ccccc2)CC1. The Kier molecular flexibility index (Phi) is 6.31. The maximum atomic E-state index is 9.77. The summed E-state index contributed by atoms with van der Waals surface area (Å²) in [7, 11) is 0. The normalized spacial score (nSPS) is 20.8. The van der Waals surface area contributed by atoms with E-state index in [1.54, 1.807) is 6.07 Å². The van der Waals surface area contributed by atoms with Crippen molar-refractivity contribution in [2.45, 2.75) is 56.9 Å². The Hall–Kier alpha value is -1.80. The Bertz CT molecular complexity index is 602. The van der Waals surface area contributed by atoms with Gasteiger partial charge in [-0.15, -0.1) is 0 Å². The fourth-order valence-electron chi connectivity index (χ4n) is 3.82. The zero-order valence-corrected chi connectivity index (χ0v) is 14.5. The van der Waals surface area contributed by atoms with Gasteiger partial charge in [-0.25, -0.2) is 0 Å². The van der Waals surface area contributed by atoms with Crippen molar-refractivity contribution < 1.29 is 5.11 Å². The Balaban J connectivity index is 1.31. The molecule has 2 nitrogen and oxygen atoms in total. The molecule has 3 rings (SSSR count). The van der Waals surface area contributed by atoms with Crippen LogP contribution in [0.1, 0.15) is 55.6 Å². The summed E-state index contributed by atoms with van der Waals surface area (Å²) in [6, 6.07) is 19.3. The summed E-state index contributed by atoms with van der Waals surface area (Å²) < 4.78 is 0. The molecular weight excluding hydrogens is 294 g/mol. The molecule has 2 heteroatoms. The van der Waals surface area contributed by atoms with Crippen LogP contribution < -0.4 is 5.32 Å². The van der Waals surface area contributed by atoms with E-state index in [-0.39, 0.29) is 0 Å². The van der Waals surface area contributed by atoms with E-state index < -0.39 is 0 Å². The third kappa shape index (κ3) is 4.85. The van der Waals surface area contributed by atoms with Gasteiger partial charge in [-0.3, -0.25) is 0 Å². The van der Waals surface area contributed by atoms with Crippen LogP contribution in [-0.4, -0.2) is 17.7 Å². The minimum atomic E-state index is 0.435. The molecule has 0 spiro atoms. The monoisotopic (exact) mass is 323 g/mol. The molecule has 0 unspecified atom stereocenters. The van der Waals surface area contributed by atoms with E-state index in [1.165, 1.54) is 37.7 Å². The van der Waals surface area contributed by atoms with Crippen molar-refractivity contribution in [3.05, 3.63) is 65.7 Å². The molecule has 0 aliphatic heterocycles. The molecule has 0 amide bonds. The van der Waals surface area contributed by atoms with Crippen LogP contribution in [0.25, 0.3) is 0 Å². The smallest absolute Gasteiger partial charge is 0.118 e. The predicted octanol–water partition coefficient (Wildman–Crippen LogP) is 5.03. The van der Waals surface area contributed by atoms with E-state index in [1.807, 2.05) is 18.2 Å². The first-order chi connectivity index (χ1) is 11.8. The highest BCUT2D eigenvalue weighted by atomic mass is 16.3. The highest BCUT2D eigenvalue weighted by molar-refractivity contribution is 5.31. The van der Waals surface area contributed by atoms with E-state index in [9.17, 15) is 5.11 Å². The number of phenols is 1. The van der Waals surface area contributed by atoms with Crippen LogP contribution >= 0.6 is 0 Å². The first-order valence-electron chi connectivity index (χ1n) is 9.38. The maximum Gasteiger partial charge on any atom is 0.118 e. The highest BCUT2D eigenvalue weighted by Crippen LogP contribution is 2.32. The van der Waals surface area contributed by atoms with Crippen molar-refractivity contribution in [1.82, 2.24) is 5.32 Å². The summed E-state index contributed by atoms with van der Waals surface area (Å²) in [5.74, 6) is 1.19. The highest BCUT2D eigenvalue weighted by Gasteiger charge is 2.21. The van der Waals surface area contributed by atoms with E-state index in [0.29, 0.717) is 11.8 Å². The van der Waals surface area contributed by atoms with Crippen molar-refractivity contribution in [2.75, 3.05) is 6.54 Å². The molecule has 1 fully saturated rings. The van der Waals surface area contributed by atoms with Gasteiger partial charge in [0.05, 0.1) is 0 Å². The zero-order valence-electron chi connectivity index (χ0n) is 14.5. The third-order valence-corrected chi connectivity index (χ3v) is 5.30. The molecular formula is C22H29NO. The third-order valence-electron chi connectivity index (χ3n) is 5.30. The van der Waals surface area contributed by atoms with Crippen LogP contribution in [0.4, 0.5) is 0 Å². The molecule has 0 saturated heterocycles. The lowest BCUT2D eigenvalue weighted by atomic mass is 9.82. The lowest BCUT2D eigenvalue weighted by Gasteiger charge is -2.29. The number of rotatable bonds is 7. The van der Waals surface area contributed by atoms with Crippen molar-refractivity contribution in [3.8, 4) is 5.75 Å². The lowest BCUT2D eigenvalue weighted by molar-refractivity contribution is 0.341. The Labute approximate surface area is 145 Å². The predicted molar refractivity (Wildman–Crippen MR) is 100 cm³/mol. The number of aromatic hydroxyl groups is 1. The number of nitrogens with one attached hydrogen (secondary N) is 1. The van der Waals surface area contributed by atoms with E-state index in [0.717, 1.165) is 30.9 Å². The quantitative estimate of drug-likeness (QED) is 0.700. The van der Waals surface area contributed by atoms with Gasteiger partial charge in [0.2, 0.25) is 0 Å². The van der Waals surface area contributed by atoms with Gasteiger partial charge in [-0.1, -0.05) is 48.5 Å². The molecule has 2 N–H and O–H groups in total. The molecule has 0 heterocycles. The number of para-hydroxylation sites is 1. The molecule has 1 aliphatic carbocycles. The van der Waals surface area contributed by atoms with Crippen molar-refractivity contribution in [1.29, 1.82) is 0 Å². The molecule has 2 aromatic rings. The number of aryl methyl sites for hydroxylation is 1. The van der Waals surface area contributed by atoms with Gasteiger partial charge in [0.1, 0.15) is 5.75 Å². The molecule has 2 aromatic carbocycles. The molecule has 1 saturated carbocycles. The average Bonchev–Trinajstić information content (AvgIpc) is 2.64. The lowest BCUT2D eigenvalue weighted by Crippen LogP contribution is -2.33. The van der Waals surface area contributed by atoms with Crippen molar-refractivity contribution >= 4 is 0 Å². The molecule has 0 radical (unpaired) electrons. The van der Waals surface area contributed by atoms with E-state index >= 15 is 0 Å². The number of phenolic OH excluding ortho intramolecular Hbond substituents is 1. The van der Waals surface area contributed by atoms with Gasteiger partial charge in [-0.2, -0.15) is 0 Å². The second kappa shape index (κ2) is 8.89. The molecule has 0 aromatic heterocycles. The zero-order chi connectivity index (χ0) is 16.6. The van der Waals surface area contributed by atoms with Gasteiger partial charge in [0, 0.05) is 6.04 Å². The summed E-state index contributed by atoms with van der Waals surface area (Å²) in [6.07, 6.45) is 8.46. The first kappa shape index (κ1) is 17.0. The minimum absolute atomic E-state index is 0.435. The molecule has 0 atom stereocenters. The van der Waals surface area contributed by atoms with Crippen LogP contribution in [0.2, 0.25) is 0 Å². The van der Waals surface area contributed by atoms with Crippen molar-refractivity contribution in [3.63, 3.8) is 0 Å². The summed E-state index contributed by atoms with van der Waals surface area (Å²) in [5.41, 5.74) is 2.58. The Morgan fingerprint density at radius 3 is 2.29 bits per heavy atom. The summed E-state index contributed by atoms with van der Waals surface area (Å²) >= 11 is 0. The first-order valence-corrected chi connectivity index (χ1v) is 9.38. The van der Waals surface area contributed by atoms with Crippen molar-refractivity contribution in [2.24, 2.45) is 0 Å². The number of hydrogen-bond donors (Lipinski definition) is 2. The minimum Gasteiger partial charge on any atom is -0.508 e.